The van der Waals surface area contributed by atoms with E-state index in [9.17, 15) is 14.8 Å². The van der Waals surface area contributed by atoms with E-state index >= 15 is 0 Å². The van der Waals surface area contributed by atoms with Gasteiger partial charge >= 0.3 is 5.91 Å². The van der Waals surface area contributed by atoms with Crippen molar-refractivity contribution in [3.8, 4) is 0 Å². The van der Waals surface area contributed by atoms with Crippen LogP contribution in [0.15, 0.2) is 66.2 Å². The van der Waals surface area contributed by atoms with Crippen LogP contribution >= 0.6 is 0 Å². The third-order valence-electron chi connectivity index (χ3n) is 5.86. The Hall–Kier alpha value is -3.84. The fraction of sp³-hybridized carbons (Fsp3) is 0.231. The topological polar surface area (TPSA) is 95.4 Å². The van der Waals surface area contributed by atoms with Crippen LogP contribution in [0.1, 0.15) is 53.8 Å². The van der Waals surface area contributed by atoms with Crippen molar-refractivity contribution in [3.63, 3.8) is 0 Å². The second-order valence-electron chi connectivity index (χ2n) is 8.53. The number of rotatable bonds is 5. The van der Waals surface area contributed by atoms with E-state index in [0.717, 1.165) is 16.7 Å². The summed E-state index contributed by atoms with van der Waals surface area (Å²) in [5.41, 5.74) is 6.73. The van der Waals surface area contributed by atoms with Gasteiger partial charge in [-0.2, -0.15) is 5.10 Å². The molecule has 1 aliphatic heterocycles. The molecule has 7 nitrogen and oxygen atoms in total. The molecule has 1 fully saturated rings. The highest BCUT2D eigenvalue weighted by molar-refractivity contribution is 6.51. The molecule has 33 heavy (non-hydrogen) atoms. The first-order valence-corrected chi connectivity index (χ1v) is 10.8. The van der Waals surface area contributed by atoms with E-state index in [-0.39, 0.29) is 17.1 Å². The summed E-state index contributed by atoms with van der Waals surface area (Å²) in [6.45, 7) is 7.95. The van der Waals surface area contributed by atoms with Gasteiger partial charge in [0.05, 0.1) is 23.0 Å². The van der Waals surface area contributed by atoms with Gasteiger partial charge < -0.3 is 0 Å². The molecule has 0 radical (unpaired) electrons. The molecule has 1 saturated heterocycles. The molecule has 1 atom stereocenters. The lowest BCUT2D eigenvalue weighted by Crippen LogP contribution is -2.30. The van der Waals surface area contributed by atoms with Crippen LogP contribution in [-0.2, 0) is 9.59 Å². The number of Topliss-reactive ketones (excluding diaryl/α,β-unsaturated/α-hetero) is 1. The van der Waals surface area contributed by atoms with Crippen molar-refractivity contribution in [2.75, 3.05) is 4.90 Å². The van der Waals surface area contributed by atoms with Crippen molar-refractivity contribution in [3.05, 3.63) is 94.2 Å². The monoisotopic (exact) mass is 442 g/mol. The van der Waals surface area contributed by atoms with E-state index in [1.54, 1.807) is 31.2 Å². The first kappa shape index (κ1) is 22.4. The minimum atomic E-state index is -0.779. The van der Waals surface area contributed by atoms with Gasteiger partial charge in [0.2, 0.25) is 0 Å². The summed E-state index contributed by atoms with van der Waals surface area (Å²) in [6.07, 6.45) is 0. The predicted molar refractivity (Wildman–Crippen MR) is 126 cm³/mol. The highest BCUT2D eigenvalue weighted by atomic mass is 16.5. The molecule has 2 aromatic carbocycles. The van der Waals surface area contributed by atoms with Crippen molar-refractivity contribution in [2.24, 2.45) is 0 Å². The molecule has 0 aliphatic carbocycles. The Balaban J connectivity index is 1.95. The van der Waals surface area contributed by atoms with Gasteiger partial charge in [-0.1, -0.05) is 67.9 Å². The van der Waals surface area contributed by atoms with Crippen LogP contribution in [-0.4, -0.2) is 27.1 Å². The molecule has 4 rings (SSSR count). The Kier molecular flexibility index (Phi) is 6.07. The zero-order valence-electron chi connectivity index (χ0n) is 19.0. The van der Waals surface area contributed by atoms with Crippen LogP contribution in [0.3, 0.4) is 0 Å². The van der Waals surface area contributed by atoms with Crippen LogP contribution in [0.25, 0.3) is 5.70 Å². The number of benzene rings is 2. The van der Waals surface area contributed by atoms with Crippen molar-refractivity contribution >= 4 is 23.2 Å². The maximum atomic E-state index is 13.3. The highest BCUT2D eigenvalue weighted by Gasteiger charge is 2.47. The minimum Gasteiger partial charge on any atom is -0.291 e. The molecular formula is C26H26N4O3. The number of carbonyl (C=O) groups excluding carboxylic acids is 2. The summed E-state index contributed by atoms with van der Waals surface area (Å²) in [5, 5.41) is 18.3. The Morgan fingerprint density at radius 1 is 0.939 bits per heavy atom. The maximum absolute atomic E-state index is 13.3. The number of carbonyl (C=O) groups is 2. The van der Waals surface area contributed by atoms with Gasteiger partial charge in [0, 0.05) is 5.56 Å². The molecule has 0 spiro atoms. The largest absolute Gasteiger partial charge is 0.301 e. The average Bonchev–Trinajstić information content (AvgIpc) is 3.07. The summed E-state index contributed by atoms with van der Waals surface area (Å²) in [6, 6.07) is 17.8. The third kappa shape index (κ3) is 4.15. The molecule has 1 unspecified atom stereocenters. The summed E-state index contributed by atoms with van der Waals surface area (Å²) in [7, 11) is 0. The molecule has 2 heterocycles. The van der Waals surface area contributed by atoms with Crippen molar-refractivity contribution in [1.82, 2.24) is 15.7 Å². The van der Waals surface area contributed by atoms with Crippen LogP contribution in [0.2, 0.25) is 0 Å². The van der Waals surface area contributed by atoms with Gasteiger partial charge in [-0.3, -0.25) is 25.2 Å². The lowest BCUT2D eigenvalue weighted by molar-refractivity contribution is -0.132. The zero-order chi connectivity index (χ0) is 23.7. The molecule has 1 aliphatic rings. The normalized spacial score (nSPS) is 17.6. The van der Waals surface area contributed by atoms with Crippen molar-refractivity contribution in [1.29, 1.82) is 0 Å². The van der Waals surface area contributed by atoms with Crippen molar-refractivity contribution in [2.45, 2.75) is 39.7 Å². The molecule has 7 heteroatoms. The lowest BCUT2D eigenvalue weighted by atomic mass is 9.92. The van der Waals surface area contributed by atoms with E-state index in [0.29, 0.717) is 17.2 Å². The Labute approximate surface area is 192 Å². The van der Waals surface area contributed by atoms with Gasteiger partial charge in [-0.15, -0.1) is 5.10 Å². The smallest absolute Gasteiger partial charge is 0.291 e. The number of hydrogen-bond acceptors (Lipinski definition) is 6. The van der Waals surface area contributed by atoms with Gasteiger partial charge in [0.25, 0.3) is 5.78 Å². The van der Waals surface area contributed by atoms with E-state index < -0.39 is 17.7 Å². The molecule has 1 amide bonds. The second-order valence-corrected chi connectivity index (χ2v) is 8.53. The fourth-order valence-electron chi connectivity index (χ4n) is 3.98. The van der Waals surface area contributed by atoms with Gasteiger partial charge in [-0.25, -0.2) is 0 Å². The van der Waals surface area contributed by atoms with E-state index in [1.807, 2.05) is 43.3 Å². The molecule has 168 valence electrons. The Morgan fingerprint density at radius 3 is 2.15 bits per heavy atom. The van der Waals surface area contributed by atoms with Crippen molar-refractivity contribution < 1.29 is 14.8 Å². The Morgan fingerprint density at radius 2 is 1.61 bits per heavy atom. The molecule has 2 N–H and O–H groups in total. The SMILES string of the molecule is Cc1ccc(/C(NO)=C2/C(=O)C(=O)N(c3ccc(C)nn3)C2c2ccc(C(C)C)cc2)cc1. The highest BCUT2D eigenvalue weighted by Crippen LogP contribution is 2.41. The molecule has 0 saturated carbocycles. The molecule has 0 bridgehead atoms. The van der Waals surface area contributed by atoms with E-state index in [2.05, 4.69) is 29.5 Å². The van der Waals surface area contributed by atoms with Crippen LogP contribution in [0, 0.1) is 13.8 Å². The number of nitrogens with one attached hydrogen (secondary N) is 1. The predicted octanol–water partition coefficient (Wildman–Crippen LogP) is 4.26. The van der Waals surface area contributed by atoms with Crippen LogP contribution in [0.4, 0.5) is 5.82 Å². The fourth-order valence-corrected chi connectivity index (χ4v) is 3.98. The third-order valence-corrected chi connectivity index (χ3v) is 5.86. The van der Waals surface area contributed by atoms with E-state index in [1.165, 1.54) is 4.90 Å². The van der Waals surface area contributed by atoms with Gasteiger partial charge in [-0.05, 0) is 43.0 Å². The average molecular weight is 443 g/mol. The number of hydroxylamine groups is 1. The number of hydrogen-bond donors (Lipinski definition) is 2. The van der Waals surface area contributed by atoms with Gasteiger partial charge in [0.1, 0.15) is 0 Å². The number of amides is 1. The molecule has 1 aromatic heterocycles. The first-order chi connectivity index (χ1) is 15.8. The number of ketones is 1. The summed E-state index contributed by atoms with van der Waals surface area (Å²) < 4.78 is 0. The minimum absolute atomic E-state index is 0.158. The zero-order valence-corrected chi connectivity index (χ0v) is 19.0. The van der Waals surface area contributed by atoms with Crippen LogP contribution < -0.4 is 10.4 Å². The summed E-state index contributed by atoms with van der Waals surface area (Å²) in [4.78, 5) is 27.9. The lowest BCUT2D eigenvalue weighted by Gasteiger charge is -2.25. The number of aromatic nitrogens is 2. The number of nitrogens with zero attached hydrogens (tertiary/aromatic N) is 3. The second kappa shape index (κ2) is 8.96. The van der Waals surface area contributed by atoms with Gasteiger partial charge in [0.15, 0.2) is 5.82 Å². The van der Waals surface area contributed by atoms with E-state index in [4.69, 9.17) is 0 Å². The quantitative estimate of drug-likeness (QED) is 0.348. The number of anilines is 1. The molecule has 3 aromatic rings. The standard InChI is InChI=1S/C26H26N4O3/c1-15(2)18-10-12-20(13-11-18)24-22(23(29-33)19-8-5-16(3)6-9-19)25(31)26(32)30(24)21-14-7-17(4)27-28-21/h5-15,24,29,33H,1-4H3/b23-22-. The maximum Gasteiger partial charge on any atom is 0.301 e. The van der Waals surface area contributed by atoms with Crippen LogP contribution in [0.5, 0.6) is 0 Å². The summed E-state index contributed by atoms with van der Waals surface area (Å²) in [5.74, 6) is -0.816. The summed E-state index contributed by atoms with van der Waals surface area (Å²) >= 11 is 0. The Bertz CT molecular complexity index is 1210. The first-order valence-electron chi connectivity index (χ1n) is 10.8. The molecular weight excluding hydrogens is 416 g/mol. The number of aryl methyl sites for hydroxylation is 2.